The van der Waals surface area contributed by atoms with Gasteiger partial charge in [0, 0.05) is 15.8 Å². The van der Waals surface area contributed by atoms with Crippen LogP contribution >= 0.6 is 15.9 Å². The summed E-state index contributed by atoms with van der Waals surface area (Å²) in [6, 6.07) is 13.2. The summed E-state index contributed by atoms with van der Waals surface area (Å²) in [4.78, 5) is 11.8. The number of carbonyl (C=O) groups is 1. The molecule has 0 radical (unpaired) electrons. The summed E-state index contributed by atoms with van der Waals surface area (Å²) in [6.45, 7) is 2.31. The Balaban J connectivity index is 1.81. The molecule has 5 heteroatoms. The standard InChI is InChI=1S/C16H17BrN2O2/c1-11-5-6-14(8-15(11)18)19-16(20)10-21-9-12-3-2-4-13(17)7-12/h2-8H,9-10,18H2,1H3,(H,19,20). The van der Waals surface area contributed by atoms with Crippen LogP contribution in [0.5, 0.6) is 0 Å². The van der Waals surface area contributed by atoms with Crippen LogP contribution < -0.4 is 11.1 Å². The Hall–Kier alpha value is -1.85. The molecular formula is C16H17BrN2O2. The molecule has 0 aliphatic rings. The van der Waals surface area contributed by atoms with Gasteiger partial charge in [0.2, 0.25) is 5.91 Å². The van der Waals surface area contributed by atoms with Gasteiger partial charge < -0.3 is 15.8 Å². The SMILES string of the molecule is Cc1ccc(NC(=O)COCc2cccc(Br)c2)cc1N. The number of carbonyl (C=O) groups excluding carboxylic acids is 1. The Kier molecular flexibility index (Phi) is 5.36. The fraction of sp³-hybridized carbons (Fsp3) is 0.188. The van der Waals surface area contributed by atoms with Gasteiger partial charge in [0.05, 0.1) is 6.61 Å². The molecule has 21 heavy (non-hydrogen) atoms. The zero-order valence-electron chi connectivity index (χ0n) is 11.7. The molecule has 2 rings (SSSR count). The number of nitrogens with two attached hydrogens (primary N) is 1. The lowest BCUT2D eigenvalue weighted by Crippen LogP contribution is -2.18. The van der Waals surface area contributed by atoms with Crippen LogP contribution in [0.4, 0.5) is 11.4 Å². The van der Waals surface area contributed by atoms with E-state index in [0.29, 0.717) is 18.0 Å². The number of aryl methyl sites for hydroxylation is 1. The van der Waals surface area contributed by atoms with E-state index in [0.717, 1.165) is 15.6 Å². The molecule has 0 saturated carbocycles. The summed E-state index contributed by atoms with van der Waals surface area (Å²) in [5.41, 5.74) is 9.13. The van der Waals surface area contributed by atoms with Crippen molar-refractivity contribution in [1.29, 1.82) is 0 Å². The first-order valence-electron chi connectivity index (χ1n) is 6.53. The first-order valence-corrected chi connectivity index (χ1v) is 7.32. The number of amides is 1. The van der Waals surface area contributed by atoms with E-state index in [1.54, 1.807) is 6.07 Å². The summed E-state index contributed by atoms with van der Waals surface area (Å²) in [5.74, 6) is -0.201. The zero-order valence-corrected chi connectivity index (χ0v) is 13.3. The number of nitrogens with one attached hydrogen (secondary N) is 1. The third-order valence-corrected chi connectivity index (χ3v) is 3.45. The van der Waals surface area contributed by atoms with E-state index in [1.807, 2.05) is 43.3 Å². The van der Waals surface area contributed by atoms with Crippen molar-refractivity contribution < 1.29 is 9.53 Å². The van der Waals surface area contributed by atoms with E-state index >= 15 is 0 Å². The van der Waals surface area contributed by atoms with Crippen LogP contribution in [0.3, 0.4) is 0 Å². The fourth-order valence-corrected chi connectivity index (χ4v) is 2.25. The summed E-state index contributed by atoms with van der Waals surface area (Å²) >= 11 is 3.39. The van der Waals surface area contributed by atoms with Crippen molar-refractivity contribution in [2.24, 2.45) is 0 Å². The Morgan fingerprint density at radius 1 is 1.29 bits per heavy atom. The van der Waals surface area contributed by atoms with Gasteiger partial charge in [-0.3, -0.25) is 4.79 Å². The van der Waals surface area contributed by atoms with Crippen LogP contribution in [0.2, 0.25) is 0 Å². The van der Waals surface area contributed by atoms with Crippen molar-refractivity contribution in [2.45, 2.75) is 13.5 Å². The lowest BCUT2D eigenvalue weighted by molar-refractivity contribution is -0.121. The number of halogens is 1. The van der Waals surface area contributed by atoms with Crippen molar-refractivity contribution in [2.75, 3.05) is 17.7 Å². The van der Waals surface area contributed by atoms with Crippen LogP contribution in [0.15, 0.2) is 46.9 Å². The van der Waals surface area contributed by atoms with E-state index in [-0.39, 0.29) is 12.5 Å². The van der Waals surface area contributed by atoms with E-state index in [9.17, 15) is 4.79 Å². The second kappa shape index (κ2) is 7.24. The van der Waals surface area contributed by atoms with Gasteiger partial charge in [-0.25, -0.2) is 0 Å². The lowest BCUT2D eigenvalue weighted by Gasteiger charge is -2.08. The van der Waals surface area contributed by atoms with Crippen molar-refractivity contribution >= 4 is 33.2 Å². The first kappa shape index (κ1) is 15.5. The van der Waals surface area contributed by atoms with E-state index in [1.165, 1.54) is 0 Å². The molecule has 1 amide bonds. The maximum atomic E-state index is 11.8. The highest BCUT2D eigenvalue weighted by molar-refractivity contribution is 9.10. The Bertz CT molecular complexity index is 644. The maximum absolute atomic E-state index is 11.8. The molecule has 0 atom stereocenters. The summed E-state index contributed by atoms with van der Waals surface area (Å²) in [7, 11) is 0. The van der Waals surface area contributed by atoms with Crippen LogP contribution in [-0.2, 0) is 16.1 Å². The van der Waals surface area contributed by atoms with Crippen molar-refractivity contribution in [3.05, 3.63) is 58.1 Å². The number of hydrogen-bond acceptors (Lipinski definition) is 3. The zero-order chi connectivity index (χ0) is 15.2. The third kappa shape index (κ3) is 4.88. The number of anilines is 2. The first-order chi connectivity index (χ1) is 10.0. The second-order valence-electron chi connectivity index (χ2n) is 4.74. The van der Waals surface area contributed by atoms with Crippen molar-refractivity contribution in [3.63, 3.8) is 0 Å². The third-order valence-electron chi connectivity index (χ3n) is 2.95. The van der Waals surface area contributed by atoms with Crippen LogP contribution in [0.25, 0.3) is 0 Å². The lowest BCUT2D eigenvalue weighted by atomic mass is 10.2. The summed E-state index contributed by atoms with van der Waals surface area (Å²) in [5, 5.41) is 2.75. The molecule has 4 nitrogen and oxygen atoms in total. The molecule has 0 bridgehead atoms. The monoisotopic (exact) mass is 348 g/mol. The molecule has 0 aromatic heterocycles. The average Bonchev–Trinajstić information content (AvgIpc) is 2.43. The van der Waals surface area contributed by atoms with E-state index in [4.69, 9.17) is 10.5 Å². The molecule has 0 aliphatic carbocycles. The molecule has 0 saturated heterocycles. The smallest absolute Gasteiger partial charge is 0.250 e. The minimum atomic E-state index is -0.201. The molecule has 0 aliphatic heterocycles. The molecule has 0 unspecified atom stereocenters. The topological polar surface area (TPSA) is 64.3 Å². The van der Waals surface area contributed by atoms with Gasteiger partial charge >= 0.3 is 0 Å². The van der Waals surface area contributed by atoms with Gasteiger partial charge in [-0.05, 0) is 42.3 Å². The number of benzene rings is 2. The minimum absolute atomic E-state index is 0.000292. The Morgan fingerprint density at radius 2 is 2.10 bits per heavy atom. The Labute approximate surface area is 132 Å². The van der Waals surface area contributed by atoms with Crippen LogP contribution in [-0.4, -0.2) is 12.5 Å². The van der Waals surface area contributed by atoms with Gasteiger partial charge in [-0.2, -0.15) is 0 Å². The highest BCUT2D eigenvalue weighted by atomic mass is 79.9. The van der Waals surface area contributed by atoms with Gasteiger partial charge in [0.25, 0.3) is 0 Å². The molecule has 0 heterocycles. The van der Waals surface area contributed by atoms with Gasteiger partial charge in [0.15, 0.2) is 0 Å². The average molecular weight is 349 g/mol. The minimum Gasteiger partial charge on any atom is -0.398 e. The summed E-state index contributed by atoms with van der Waals surface area (Å²) < 4.78 is 6.39. The van der Waals surface area contributed by atoms with Crippen molar-refractivity contribution in [1.82, 2.24) is 0 Å². The highest BCUT2D eigenvalue weighted by Crippen LogP contribution is 2.17. The summed E-state index contributed by atoms with van der Waals surface area (Å²) in [6.07, 6.45) is 0. The highest BCUT2D eigenvalue weighted by Gasteiger charge is 2.04. The van der Waals surface area contributed by atoms with Crippen molar-refractivity contribution in [3.8, 4) is 0 Å². The van der Waals surface area contributed by atoms with Crippen LogP contribution in [0, 0.1) is 6.92 Å². The van der Waals surface area contributed by atoms with E-state index in [2.05, 4.69) is 21.2 Å². The molecule has 110 valence electrons. The number of rotatable bonds is 5. The maximum Gasteiger partial charge on any atom is 0.250 e. The largest absolute Gasteiger partial charge is 0.398 e. The van der Waals surface area contributed by atoms with Crippen LogP contribution in [0.1, 0.15) is 11.1 Å². The molecule has 2 aromatic rings. The molecule has 3 N–H and O–H groups in total. The molecular weight excluding hydrogens is 332 g/mol. The van der Waals surface area contributed by atoms with Gasteiger partial charge in [-0.1, -0.05) is 34.1 Å². The quantitative estimate of drug-likeness (QED) is 0.812. The number of hydrogen-bond donors (Lipinski definition) is 2. The number of ether oxygens (including phenoxy) is 1. The predicted molar refractivity (Wildman–Crippen MR) is 88.0 cm³/mol. The second-order valence-corrected chi connectivity index (χ2v) is 5.66. The van der Waals surface area contributed by atoms with Gasteiger partial charge in [0.1, 0.15) is 6.61 Å². The fourth-order valence-electron chi connectivity index (χ4n) is 1.80. The molecule has 0 spiro atoms. The van der Waals surface area contributed by atoms with E-state index < -0.39 is 0 Å². The predicted octanol–water partition coefficient (Wildman–Crippen LogP) is 3.50. The number of nitrogen functional groups attached to an aromatic ring is 1. The Morgan fingerprint density at radius 3 is 2.81 bits per heavy atom. The normalized spacial score (nSPS) is 10.4. The van der Waals surface area contributed by atoms with Gasteiger partial charge in [-0.15, -0.1) is 0 Å². The molecule has 2 aromatic carbocycles. The molecule has 0 fully saturated rings.